The second kappa shape index (κ2) is 6.31. The summed E-state index contributed by atoms with van der Waals surface area (Å²) < 4.78 is 14.0. The van der Waals surface area contributed by atoms with E-state index in [1.54, 1.807) is 0 Å². The molecule has 0 spiro atoms. The molecule has 1 nitrogen and oxygen atoms in total. The van der Waals surface area contributed by atoms with Crippen molar-refractivity contribution in [3.63, 3.8) is 0 Å². The number of hydrogen-bond acceptors (Lipinski definition) is 1. The van der Waals surface area contributed by atoms with Crippen molar-refractivity contribution in [3.05, 3.63) is 69.4 Å². The van der Waals surface area contributed by atoms with Crippen LogP contribution in [0.1, 0.15) is 29.7 Å². The topological polar surface area (TPSA) is 12.0 Å². The Bertz CT molecular complexity index is 551. The van der Waals surface area contributed by atoms with E-state index in [-0.39, 0.29) is 11.9 Å². The summed E-state index contributed by atoms with van der Waals surface area (Å²) in [6.45, 7) is 4.96. The molecule has 0 aromatic heterocycles. The van der Waals surface area contributed by atoms with Gasteiger partial charge in [0, 0.05) is 17.1 Å². The van der Waals surface area contributed by atoms with Gasteiger partial charge in [0.2, 0.25) is 0 Å². The van der Waals surface area contributed by atoms with Gasteiger partial charge in [0.1, 0.15) is 5.82 Å². The quantitative estimate of drug-likeness (QED) is 0.857. The first-order valence-corrected chi connectivity index (χ1v) is 7.09. The van der Waals surface area contributed by atoms with Gasteiger partial charge in [-0.25, -0.2) is 4.39 Å². The highest BCUT2D eigenvalue weighted by Crippen LogP contribution is 2.18. The highest BCUT2D eigenvalue weighted by atomic mass is 79.9. The predicted molar refractivity (Wildman–Crippen MR) is 80.5 cm³/mol. The van der Waals surface area contributed by atoms with Crippen LogP contribution >= 0.6 is 15.9 Å². The minimum Gasteiger partial charge on any atom is -0.306 e. The van der Waals surface area contributed by atoms with Gasteiger partial charge < -0.3 is 5.32 Å². The SMILES string of the molecule is Cc1cc(CN[C@H](C)c2ccc(F)cc2)ccc1Br. The molecule has 0 aliphatic rings. The van der Waals surface area contributed by atoms with E-state index in [1.807, 2.05) is 12.1 Å². The molecule has 2 aromatic rings. The molecule has 0 bridgehead atoms. The fourth-order valence-electron chi connectivity index (χ4n) is 1.96. The first-order valence-electron chi connectivity index (χ1n) is 6.30. The molecule has 0 saturated heterocycles. The predicted octanol–water partition coefficient (Wildman–Crippen LogP) is 4.75. The fraction of sp³-hybridized carbons (Fsp3) is 0.250. The summed E-state index contributed by atoms with van der Waals surface area (Å²) in [6, 6.07) is 13.2. The first-order chi connectivity index (χ1) is 9.06. The minimum absolute atomic E-state index is 0.195. The van der Waals surface area contributed by atoms with Crippen LogP contribution < -0.4 is 5.32 Å². The van der Waals surface area contributed by atoms with Gasteiger partial charge in [0.05, 0.1) is 0 Å². The minimum atomic E-state index is -0.195. The van der Waals surface area contributed by atoms with Crippen LogP contribution in [0.2, 0.25) is 0 Å². The second-order valence-corrected chi connectivity index (χ2v) is 5.59. The van der Waals surface area contributed by atoms with Crippen molar-refractivity contribution in [2.45, 2.75) is 26.4 Å². The molecule has 19 heavy (non-hydrogen) atoms. The van der Waals surface area contributed by atoms with Gasteiger partial charge in [-0.05, 0) is 48.7 Å². The molecule has 1 N–H and O–H groups in total. The van der Waals surface area contributed by atoms with E-state index in [4.69, 9.17) is 0 Å². The maximum Gasteiger partial charge on any atom is 0.123 e. The van der Waals surface area contributed by atoms with Gasteiger partial charge in [0.25, 0.3) is 0 Å². The Balaban J connectivity index is 1.98. The molecule has 3 heteroatoms. The van der Waals surface area contributed by atoms with Gasteiger partial charge >= 0.3 is 0 Å². The number of halogens is 2. The lowest BCUT2D eigenvalue weighted by molar-refractivity contribution is 0.571. The van der Waals surface area contributed by atoms with Crippen molar-refractivity contribution in [1.29, 1.82) is 0 Å². The van der Waals surface area contributed by atoms with Gasteiger partial charge in [0.15, 0.2) is 0 Å². The van der Waals surface area contributed by atoms with Crippen LogP contribution in [0.3, 0.4) is 0 Å². The second-order valence-electron chi connectivity index (χ2n) is 4.74. The summed E-state index contributed by atoms with van der Waals surface area (Å²) in [5, 5.41) is 3.44. The molecule has 0 unspecified atom stereocenters. The Morgan fingerprint density at radius 2 is 1.84 bits per heavy atom. The van der Waals surface area contributed by atoms with Crippen LogP contribution in [0.5, 0.6) is 0 Å². The maximum atomic E-state index is 12.9. The molecule has 0 saturated carbocycles. The van der Waals surface area contributed by atoms with E-state index in [9.17, 15) is 4.39 Å². The third-order valence-corrected chi connectivity index (χ3v) is 4.09. The molecule has 2 rings (SSSR count). The fourth-order valence-corrected chi connectivity index (χ4v) is 2.20. The molecule has 0 aliphatic carbocycles. The van der Waals surface area contributed by atoms with Crippen LogP contribution in [0.15, 0.2) is 46.9 Å². The Labute approximate surface area is 122 Å². The molecule has 0 amide bonds. The monoisotopic (exact) mass is 321 g/mol. The summed E-state index contributed by atoms with van der Waals surface area (Å²) in [4.78, 5) is 0. The molecular weight excluding hydrogens is 305 g/mol. The Kier molecular flexibility index (Phi) is 4.72. The van der Waals surface area contributed by atoms with Crippen LogP contribution in [-0.2, 0) is 6.54 Å². The van der Waals surface area contributed by atoms with Crippen molar-refractivity contribution in [1.82, 2.24) is 5.32 Å². The lowest BCUT2D eigenvalue weighted by Gasteiger charge is -2.14. The van der Waals surface area contributed by atoms with Crippen molar-refractivity contribution < 1.29 is 4.39 Å². The zero-order chi connectivity index (χ0) is 13.8. The number of aryl methyl sites for hydroxylation is 1. The van der Waals surface area contributed by atoms with Gasteiger partial charge in [-0.2, -0.15) is 0 Å². The number of rotatable bonds is 4. The van der Waals surface area contributed by atoms with Gasteiger partial charge in [-0.3, -0.25) is 0 Å². The van der Waals surface area contributed by atoms with E-state index >= 15 is 0 Å². The van der Waals surface area contributed by atoms with Crippen molar-refractivity contribution in [2.24, 2.45) is 0 Å². The van der Waals surface area contributed by atoms with Crippen LogP contribution in [0.25, 0.3) is 0 Å². The molecule has 0 heterocycles. The normalized spacial score (nSPS) is 12.4. The summed E-state index contributed by atoms with van der Waals surface area (Å²) in [6.07, 6.45) is 0. The summed E-state index contributed by atoms with van der Waals surface area (Å²) in [5.41, 5.74) is 3.57. The molecule has 100 valence electrons. The van der Waals surface area contributed by atoms with Crippen LogP contribution in [0.4, 0.5) is 4.39 Å². The van der Waals surface area contributed by atoms with Gasteiger partial charge in [-0.1, -0.05) is 40.2 Å². The van der Waals surface area contributed by atoms with Crippen LogP contribution in [0, 0.1) is 12.7 Å². The number of benzene rings is 2. The van der Waals surface area contributed by atoms with E-state index in [2.05, 4.69) is 53.3 Å². The van der Waals surface area contributed by atoms with E-state index < -0.39 is 0 Å². The standard InChI is InChI=1S/C16H17BrFN/c1-11-9-13(3-8-16(11)17)10-19-12(2)14-4-6-15(18)7-5-14/h3-9,12,19H,10H2,1-2H3/t12-/m1/s1. The number of nitrogens with one attached hydrogen (secondary N) is 1. The molecule has 0 aliphatic heterocycles. The smallest absolute Gasteiger partial charge is 0.123 e. The number of hydrogen-bond donors (Lipinski definition) is 1. The van der Waals surface area contributed by atoms with E-state index in [0.717, 1.165) is 16.6 Å². The first kappa shape index (κ1) is 14.2. The lowest BCUT2D eigenvalue weighted by atomic mass is 10.1. The third-order valence-electron chi connectivity index (χ3n) is 3.20. The zero-order valence-corrected chi connectivity index (χ0v) is 12.7. The van der Waals surface area contributed by atoms with Gasteiger partial charge in [-0.15, -0.1) is 0 Å². The summed E-state index contributed by atoms with van der Waals surface area (Å²) in [7, 11) is 0. The highest BCUT2D eigenvalue weighted by Gasteiger charge is 2.05. The average molecular weight is 322 g/mol. The molecular formula is C16H17BrFN. The Morgan fingerprint density at radius 1 is 1.16 bits per heavy atom. The zero-order valence-electron chi connectivity index (χ0n) is 11.1. The maximum absolute atomic E-state index is 12.9. The van der Waals surface area contributed by atoms with Crippen LogP contribution in [-0.4, -0.2) is 0 Å². The summed E-state index contributed by atoms with van der Waals surface area (Å²) in [5.74, 6) is -0.195. The van der Waals surface area contributed by atoms with Crippen molar-refractivity contribution in [3.8, 4) is 0 Å². The highest BCUT2D eigenvalue weighted by molar-refractivity contribution is 9.10. The average Bonchev–Trinajstić information content (AvgIpc) is 2.40. The third kappa shape index (κ3) is 3.88. The Hall–Kier alpha value is -1.19. The molecule has 0 fully saturated rings. The van der Waals surface area contributed by atoms with Crippen molar-refractivity contribution in [2.75, 3.05) is 0 Å². The molecule has 2 aromatic carbocycles. The lowest BCUT2D eigenvalue weighted by Crippen LogP contribution is -2.18. The largest absolute Gasteiger partial charge is 0.306 e. The van der Waals surface area contributed by atoms with E-state index in [0.29, 0.717) is 0 Å². The molecule has 1 atom stereocenters. The molecule has 0 radical (unpaired) electrons. The van der Waals surface area contributed by atoms with E-state index in [1.165, 1.54) is 23.3 Å². The Morgan fingerprint density at radius 3 is 2.47 bits per heavy atom. The summed E-state index contributed by atoms with van der Waals surface area (Å²) >= 11 is 3.50. The van der Waals surface area contributed by atoms with Crippen molar-refractivity contribution >= 4 is 15.9 Å².